The molecule has 2 rings (SSSR count). The van der Waals surface area contributed by atoms with Crippen molar-refractivity contribution in [2.75, 3.05) is 6.54 Å². The maximum atomic E-state index is 10.8. The summed E-state index contributed by atoms with van der Waals surface area (Å²) < 4.78 is 1.15. The second kappa shape index (κ2) is 5.98. The smallest absolute Gasteiger partial charge is 0.126 e. The van der Waals surface area contributed by atoms with Crippen LogP contribution in [0, 0.1) is 0 Å². The molecule has 104 valence electrons. The van der Waals surface area contributed by atoms with Crippen molar-refractivity contribution < 1.29 is 5.11 Å². The molecule has 1 aromatic carbocycles. The van der Waals surface area contributed by atoms with Crippen molar-refractivity contribution >= 4 is 44.6 Å². The second-order valence-electron chi connectivity index (χ2n) is 4.69. The maximum absolute atomic E-state index is 10.8. The molecule has 2 N–H and O–H groups in total. The fourth-order valence-electron chi connectivity index (χ4n) is 2.20. The van der Waals surface area contributed by atoms with Crippen molar-refractivity contribution in [1.82, 2.24) is 5.32 Å². The number of rotatable bonds is 5. The van der Waals surface area contributed by atoms with E-state index in [4.69, 9.17) is 23.2 Å². The zero-order chi connectivity index (χ0) is 14.0. The van der Waals surface area contributed by atoms with Crippen LogP contribution in [0.3, 0.4) is 0 Å². The van der Waals surface area contributed by atoms with Gasteiger partial charge < -0.3 is 10.4 Å². The van der Waals surface area contributed by atoms with E-state index in [1.165, 1.54) is 5.39 Å². The fourth-order valence-corrected chi connectivity index (χ4v) is 3.70. The highest BCUT2D eigenvalue weighted by Crippen LogP contribution is 2.33. The predicted molar refractivity (Wildman–Crippen MR) is 84.4 cm³/mol. The van der Waals surface area contributed by atoms with Gasteiger partial charge in [-0.05, 0) is 41.9 Å². The van der Waals surface area contributed by atoms with E-state index in [0.29, 0.717) is 6.54 Å². The first-order chi connectivity index (χ1) is 8.96. The van der Waals surface area contributed by atoms with Crippen LogP contribution in [-0.4, -0.2) is 22.5 Å². The summed E-state index contributed by atoms with van der Waals surface area (Å²) in [5, 5.41) is 17.2. The molecule has 0 fully saturated rings. The van der Waals surface area contributed by atoms with E-state index < -0.39 is 16.5 Å². The van der Waals surface area contributed by atoms with Gasteiger partial charge in [0.2, 0.25) is 0 Å². The maximum Gasteiger partial charge on any atom is 0.126 e. The van der Waals surface area contributed by atoms with Crippen LogP contribution >= 0.6 is 34.5 Å². The molecule has 0 bridgehead atoms. The summed E-state index contributed by atoms with van der Waals surface area (Å²) in [6.07, 6.45) is 0. The molecule has 0 spiro atoms. The molecule has 0 radical (unpaired) electrons. The molecule has 2 aromatic rings. The van der Waals surface area contributed by atoms with Gasteiger partial charge in [-0.15, -0.1) is 34.5 Å². The monoisotopic (exact) mass is 317 g/mol. The average Bonchev–Trinajstić information content (AvgIpc) is 2.82. The van der Waals surface area contributed by atoms with Crippen LogP contribution in [0.25, 0.3) is 10.1 Å². The SMILES string of the molecule is CCNC(C(Cl)Cl)C(C)(O)c1ccc2ccsc2c1. The van der Waals surface area contributed by atoms with Crippen molar-refractivity contribution in [3.05, 3.63) is 35.2 Å². The van der Waals surface area contributed by atoms with Crippen LogP contribution in [0.5, 0.6) is 0 Å². The van der Waals surface area contributed by atoms with E-state index in [1.807, 2.05) is 30.5 Å². The lowest BCUT2D eigenvalue weighted by Gasteiger charge is -2.34. The molecule has 0 aliphatic carbocycles. The molecule has 0 saturated carbocycles. The molecule has 0 aliphatic heterocycles. The Morgan fingerprint density at radius 2 is 2.11 bits per heavy atom. The number of fused-ring (bicyclic) bond motifs is 1. The molecule has 0 saturated heterocycles. The Morgan fingerprint density at radius 1 is 1.37 bits per heavy atom. The van der Waals surface area contributed by atoms with Crippen LogP contribution in [0.1, 0.15) is 19.4 Å². The van der Waals surface area contributed by atoms with Gasteiger partial charge in [-0.2, -0.15) is 0 Å². The van der Waals surface area contributed by atoms with Crippen molar-refractivity contribution in [1.29, 1.82) is 0 Å². The molecule has 1 heterocycles. The summed E-state index contributed by atoms with van der Waals surface area (Å²) in [5.74, 6) is 0. The van der Waals surface area contributed by atoms with Crippen LogP contribution in [-0.2, 0) is 5.60 Å². The van der Waals surface area contributed by atoms with Gasteiger partial charge in [0, 0.05) is 4.70 Å². The lowest BCUT2D eigenvalue weighted by molar-refractivity contribution is 0.0204. The number of benzene rings is 1. The van der Waals surface area contributed by atoms with Gasteiger partial charge in [0.25, 0.3) is 0 Å². The van der Waals surface area contributed by atoms with E-state index >= 15 is 0 Å². The van der Waals surface area contributed by atoms with E-state index in [0.717, 1.165) is 10.3 Å². The average molecular weight is 318 g/mol. The van der Waals surface area contributed by atoms with Crippen LogP contribution in [0.15, 0.2) is 29.6 Å². The lowest BCUT2D eigenvalue weighted by Crippen LogP contribution is -2.50. The third-order valence-corrected chi connectivity index (χ3v) is 4.71. The summed E-state index contributed by atoms with van der Waals surface area (Å²) in [5.41, 5.74) is -0.303. The van der Waals surface area contributed by atoms with Crippen molar-refractivity contribution in [3.63, 3.8) is 0 Å². The minimum Gasteiger partial charge on any atom is -0.384 e. The van der Waals surface area contributed by atoms with Gasteiger partial charge in [0.15, 0.2) is 0 Å². The number of aliphatic hydroxyl groups is 1. The number of halogens is 2. The zero-order valence-electron chi connectivity index (χ0n) is 10.9. The van der Waals surface area contributed by atoms with E-state index in [1.54, 1.807) is 18.3 Å². The molecule has 1 aromatic heterocycles. The number of likely N-dealkylation sites (N-methyl/N-ethyl adjacent to an activating group) is 1. The molecule has 2 atom stereocenters. The molecule has 19 heavy (non-hydrogen) atoms. The third kappa shape index (κ3) is 3.06. The minimum atomic E-state index is -1.12. The Morgan fingerprint density at radius 3 is 2.74 bits per heavy atom. The zero-order valence-corrected chi connectivity index (χ0v) is 13.2. The number of hydrogen-bond donors (Lipinski definition) is 2. The van der Waals surface area contributed by atoms with Crippen LogP contribution in [0.2, 0.25) is 0 Å². The fraction of sp³-hybridized carbons (Fsp3) is 0.429. The number of alkyl halides is 2. The van der Waals surface area contributed by atoms with Crippen molar-refractivity contribution in [2.24, 2.45) is 0 Å². The highest BCUT2D eigenvalue weighted by atomic mass is 35.5. The van der Waals surface area contributed by atoms with Gasteiger partial charge in [0.05, 0.1) is 6.04 Å². The van der Waals surface area contributed by atoms with Gasteiger partial charge in [-0.3, -0.25) is 0 Å². The summed E-state index contributed by atoms with van der Waals surface area (Å²) in [7, 11) is 0. The molecular weight excluding hydrogens is 301 g/mol. The minimum absolute atomic E-state index is 0.418. The first kappa shape index (κ1) is 15.1. The molecule has 0 amide bonds. The quantitative estimate of drug-likeness (QED) is 0.820. The second-order valence-corrected chi connectivity index (χ2v) is 6.80. The third-order valence-electron chi connectivity index (χ3n) is 3.32. The normalized spacial score (nSPS) is 16.7. The standard InChI is InChI=1S/C14H17Cl2NOS/c1-3-17-12(13(15)16)14(2,18)10-5-4-9-6-7-19-11(9)8-10/h4-8,12-13,17-18H,3H2,1-2H3. The number of nitrogens with one attached hydrogen (secondary N) is 1. The number of hydrogen-bond acceptors (Lipinski definition) is 3. The number of thiophene rings is 1. The van der Waals surface area contributed by atoms with Crippen molar-refractivity contribution in [2.45, 2.75) is 30.3 Å². The molecule has 2 unspecified atom stereocenters. The summed E-state index contributed by atoms with van der Waals surface area (Å²) in [4.78, 5) is -0.686. The van der Waals surface area contributed by atoms with Gasteiger partial charge in [0.1, 0.15) is 10.4 Å². The molecular formula is C14H17Cl2NOS. The Balaban J connectivity index is 2.40. The Hall–Kier alpha value is -0.320. The Bertz CT molecular complexity index is 553. The Labute approximate surface area is 127 Å². The van der Waals surface area contributed by atoms with E-state index in [9.17, 15) is 5.11 Å². The highest BCUT2D eigenvalue weighted by molar-refractivity contribution is 7.17. The molecule has 5 heteroatoms. The highest BCUT2D eigenvalue weighted by Gasteiger charge is 2.37. The summed E-state index contributed by atoms with van der Waals surface area (Å²) in [6.45, 7) is 4.40. The summed E-state index contributed by atoms with van der Waals surface area (Å²) in [6, 6.07) is 7.58. The Kier molecular flexibility index (Phi) is 4.75. The summed E-state index contributed by atoms with van der Waals surface area (Å²) >= 11 is 13.7. The first-order valence-corrected chi connectivity index (χ1v) is 7.93. The van der Waals surface area contributed by atoms with Gasteiger partial charge in [-0.25, -0.2) is 0 Å². The van der Waals surface area contributed by atoms with Gasteiger partial charge in [-0.1, -0.05) is 19.1 Å². The first-order valence-electron chi connectivity index (χ1n) is 6.18. The van der Waals surface area contributed by atoms with Gasteiger partial charge >= 0.3 is 0 Å². The van der Waals surface area contributed by atoms with E-state index in [2.05, 4.69) is 11.4 Å². The van der Waals surface area contributed by atoms with Crippen molar-refractivity contribution in [3.8, 4) is 0 Å². The van der Waals surface area contributed by atoms with E-state index in [-0.39, 0.29) is 0 Å². The topological polar surface area (TPSA) is 32.3 Å². The predicted octanol–water partition coefficient (Wildman–Crippen LogP) is 3.89. The largest absolute Gasteiger partial charge is 0.384 e. The van der Waals surface area contributed by atoms with Crippen LogP contribution < -0.4 is 5.32 Å². The lowest BCUT2D eigenvalue weighted by atomic mass is 9.88. The molecule has 2 nitrogen and oxygen atoms in total. The van der Waals surface area contributed by atoms with Crippen LogP contribution in [0.4, 0.5) is 0 Å². The molecule has 0 aliphatic rings.